The zero-order valence-electron chi connectivity index (χ0n) is 14.7. The number of hydrazone groups is 1. The van der Waals surface area contributed by atoms with Gasteiger partial charge in [-0.25, -0.2) is 5.43 Å². The number of rotatable bonds is 6. The van der Waals surface area contributed by atoms with Crippen molar-refractivity contribution in [3.8, 4) is 5.75 Å². The van der Waals surface area contributed by atoms with E-state index in [4.69, 9.17) is 4.74 Å². The van der Waals surface area contributed by atoms with Gasteiger partial charge in [-0.15, -0.1) is 0 Å². The number of ether oxygens (including phenoxy) is 1. The van der Waals surface area contributed by atoms with Crippen LogP contribution in [0.4, 0.5) is 0 Å². The van der Waals surface area contributed by atoms with Crippen LogP contribution in [0.25, 0.3) is 0 Å². The van der Waals surface area contributed by atoms with Gasteiger partial charge in [0.15, 0.2) is 0 Å². The van der Waals surface area contributed by atoms with E-state index in [0.29, 0.717) is 6.61 Å². The van der Waals surface area contributed by atoms with Gasteiger partial charge in [-0.05, 0) is 42.7 Å². The summed E-state index contributed by atoms with van der Waals surface area (Å²) in [5.41, 5.74) is 4.61. The topological polar surface area (TPSA) is 50.7 Å². The molecule has 0 heterocycles. The molecule has 2 aromatic carbocycles. The van der Waals surface area contributed by atoms with Crippen molar-refractivity contribution >= 4 is 28.1 Å². The van der Waals surface area contributed by atoms with Crippen LogP contribution in [0.15, 0.2) is 58.1 Å². The Morgan fingerprint density at radius 2 is 1.85 bits per heavy atom. The van der Waals surface area contributed by atoms with E-state index in [-0.39, 0.29) is 11.8 Å². The van der Waals surface area contributed by atoms with Gasteiger partial charge in [-0.2, -0.15) is 5.10 Å². The van der Waals surface area contributed by atoms with Gasteiger partial charge >= 0.3 is 0 Å². The molecule has 1 N–H and O–H groups in total. The van der Waals surface area contributed by atoms with Crippen LogP contribution in [-0.2, 0) is 11.4 Å². The number of hydrogen-bond acceptors (Lipinski definition) is 3. The summed E-state index contributed by atoms with van der Waals surface area (Å²) in [6.45, 7) is 0.479. The van der Waals surface area contributed by atoms with Crippen molar-refractivity contribution in [2.24, 2.45) is 11.0 Å². The lowest BCUT2D eigenvalue weighted by atomic mass is 9.89. The molecule has 3 rings (SSSR count). The third-order valence-corrected chi connectivity index (χ3v) is 5.11. The van der Waals surface area contributed by atoms with Crippen molar-refractivity contribution in [2.75, 3.05) is 0 Å². The van der Waals surface area contributed by atoms with Gasteiger partial charge < -0.3 is 4.74 Å². The Hall–Kier alpha value is -2.14. The number of amides is 1. The highest BCUT2D eigenvalue weighted by atomic mass is 79.9. The second kappa shape index (κ2) is 9.53. The average molecular weight is 415 g/mol. The molecule has 1 fully saturated rings. The van der Waals surface area contributed by atoms with Gasteiger partial charge in [0.05, 0.1) is 6.21 Å². The molecule has 0 radical (unpaired) electrons. The summed E-state index contributed by atoms with van der Waals surface area (Å²) in [6, 6.07) is 15.7. The van der Waals surface area contributed by atoms with E-state index >= 15 is 0 Å². The Morgan fingerprint density at radius 1 is 1.12 bits per heavy atom. The van der Waals surface area contributed by atoms with E-state index in [0.717, 1.165) is 47.0 Å². The van der Waals surface area contributed by atoms with Gasteiger partial charge in [0.2, 0.25) is 5.91 Å². The molecule has 0 atom stereocenters. The summed E-state index contributed by atoms with van der Waals surface area (Å²) in [7, 11) is 0. The van der Waals surface area contributed by atoms with Crippen molar-refractivity contribution in [3.05, 3.63) is 64.1 Å². The molecule has 0 spiro atoms. The summed E-state index contributed by atoms with van der Waals surface area (Å²) in [5, 5.41) is 4.13. The molecule has 136 valence electrons. The Bertz CT molecular complexity index is 753. The van der Waals surface area contributed by atoms with E-state index in [1.165, 1.54) is 6.42 Å². The zero-order chi connectivity index (χ0) is 18.2. The second-order valence-electron chi connectivity index (χ2n) is 6.52. The summed E-state index contributed by atoms with van der Waals surface area (Å²) in [5.74, 6) is 0.866. The Balaban J connectivity index is 1.57. The van der Waals surface area contributed by atoms with Crippen molar-refractivity contribution in [3.63, 3.8) is 0 Å². The van der Waals surface area contributed by atoms with Crippen molar-refractivity contribution in [1.29, 1.82) is 0 Å². The molecule has 0 bridgehead atoms. The molecule has 26 heavy (non-hydrogen) atoms. The smallest absolute Gasteiger partial charge is 0.243 e. The van der Waals surface area contributed by atoms with Crippen LogP contribution in [0, 0.1) is 5.92 Å². The van der Waals surface area contributed by atoms with Gasteiger partial charge in [-0.3, -0.25) is 4.79 Å². The van der Waals surface area contributed by atoms with Crippen LogP contribution in [0.5, 0.6) is 5.75 Å². The molecule has 0 saturated heterocycles. The molecule has 4 nitrogen and oxygen atoms in total. The summed E-state index contributed by atoms with van der Waals surface area (Å²) in [6.07, 6.45) is 7.08. The predicted molar refractivity (Wildman–Crippen MR) is 107 cm³/mol. The summed E-state index contributed by atoms with van der Waals surface area (Å²) >= 11 is 3.43. The zero-order valence-corrected chi connectivity index (χ0v) is 16.2. The van der Waals surface area contributed by atoms with Gasteiger partial charge in [-0.1, -0.05) is 59.5 Å². The Kier molecular flexibility index (Phi) is 6.83. The first-order valence-electron chi connectivity index (χ1n) is 9.01. The largest absolute Gasteiger partial charge is 0.488 e. The monoisotopic (exact) mass is 414 g/mol. The molecule has 1 saturated carbocycles. The van der Waals surface area contributed by atoms with Gasteiger partial charge in [0.1, 0.15) is 12.4 Å². The van der Waals surface area contributed by atoms with Crippen LogP contribution in [-0.4, -0.2) is 12.1 Å². The maximum Gasteiger partial charge on any atom is 0.243 e. The summed E-state index contributed by atoms with van der Waals surface area (Å²) < 4.78 is 6.96. The highest BCUT2D eigenvalue weighted by Crippen LogP contribution is 2.23. The first-order chi connectivity index (χ1) is 12.7. The fourth-order valence-electron chi connectivity index (χ4n) is 3.08. The molecule has 1 aliphatic rings. The van der Waals surface area contributed by atoms with E-state index in [1.807, 2.05) is 48.5 Å². The maximum atomic E-state index is 12.2. The number of benzene rings is 2. The molecule has 1 amide bonds. The van der Waals surface area contributed by atoms with Crippen LogP contribution in [0.2, 0.25) is 0 Å². The minimum atomic E-state index is 0.0224. The maximum absolute atomic E-state index is 12.2. The molecule has 2 aromatic rings. The lowest BCUT2D eigenvalue weighted by Crippen LogP contribution is -2.28. The van der Waals surface area contributed by atoms with Crippen molar-refractivity contribution < 1.29 is 9.53 Å². The van der Waals surface area contributed by atoms with Gasteiger partial charge in [0, 0.05) is 16.0 Å². The third-order valence-electron chi connectivity index (χ3n) is 4.58. The lowest BCUT2D eigenvalue weighted by Gasteiger charge is -2.19. The minimum Gasteiger partial charge on any atom is -0.488 e. The predicted octanol–water partition coefficient (Wildman–Crippen LogP) is 5.06. The molecular formula is C21H23BrN2O2. The third kappa shape index (κ3) is 5.43. The minimum absolute atomic E-state index is 0.0224. The van der Waals surface area contributed by atoms with Crippen molar-refractivity contribution in [2.45, 2.75) is 38.7 Å². The normalized spacial score (nSPS) is 15.1. The number of nitrogens with one attached hydrogen (secondary N) is 1. The number of nitrogens with zero attached hydrogens (tertiary/aromatic N) is 1. The van der Waals surface area contributed by atoms with E-state index in [1.54, 1.807) is 6.21 Å². The number of halogens is 1. The van der Waals surface area contributed by atoms with Crippen LogP contribution in [0.3, 0.4) is 0 Å². The van der Waals surface area contributed by atoms with E-state index in [2.05, 4.69) is 26.5 Å². The first-order valence-corrected chi connectivity index (χ1v) is 9.81. The number of hydrogen-bond donors (Lipinski definition) is 1. The van der Waals surface area contributed by atoms with Gasteiger partial charge in [0.25, 0.3) is 0 Å². The number of carbonyl (C=O) groups excluding carboxylic acids is 1. The van der Waals surface area contributed by atoms with Crippen LogP contribution in [0.1, 0.15) is 43.2 Å². The SMILES string of the molecule is O=C(N/N=C/c1ccccc1OCc1ccc(Br)cc1)C1CCCCC1. The van der Waals surface area contributed by atoms with Crippen LogP contribution < -0.4 is 10.2 Å². The highest BCUT2D eigenvalue weighted by molar-refractivity contribution is 9.10. The molecule has 1 aliphatic carbocycles. The Morgan fingerprint density at radius 3 is 2.62 bits per heavy atom. The molecule has 0 aromatic heterocycles. The number of para-hydroxylation sites is 1. The number of carbonyl (C=O) groups is 1. The molecule has 5 heteroatoms. The van der Waals surface area contributed by atoms with E-state index in [9.17, 15) is 4.79 Å². The lowest BCUT2D eigenvalue weighted by molar-refractivity contribution is -0.125. The Labute approximate surface area is 162 Å². The van der Waals surface area contributed by atoms with E-state index < -0.39 is 0 Å². The summed E-state index contributed by atoms with van der Waals surface area (Å²) in [4.78, 5) is 12.2. The second-order valence-corrected chi connectivity index (χ2v) is 7.44. The highest BCUT2D eigenvalue weighted by Gasteiger charge is 2.20. The quantitative estimate of drug-likeness (QED) is 0.530. The molecule has 0 unspecified atom stereocenters. The fourth-order valence-corrected chi connectivity index (χ4v) is 3.35. The fraction of sp³-hybridized carbons (Fsp3) is 0.333. The molecule has 0 aliphatic heterocycles. The molecular weight excluding hydrogens is 392 g/mol. The standard InChI is InChI=1S/C21H23BrN2O2/c22-19-12-10-16(11-13-19)15-26-20-9-5-4-8-18(20)14-23-24-21(25)17-6-2-1-3-7-17/h4-5,8-14,17H,1-3,6-7,15H2,(H,24,25)/b23-14+. The van der Waals surface area contributed by atoms with Crippen molar-refractivity contribution in [1.82, 2.24) is 5.43 Å². The average Bonchev–Trinajstić information content (AvgIpc) is 2.69. The van der Waals surface area contributed by atoms with Crippen LogP contribution >= 0.6 is 15.9 Å². The first kappa shape index (κ1) is 18.6.